The highest BCUT2D eigenvalue weighted by Gasteiger charge is 2.19. The highest BCUT2D eigenvalue weighted by atomic mass is 16.6. The first kappa shape index (κ1) is 74.3. The molecule has 448 valence electrons. The highest BCUT2D eigenvalue weighted by molar-refractivity contribution is 5.71. The summed E-state index contributed by atoms with van der Waals surface area (Å²) in [5.41, 5.74) is 0. The van der Waals surface area contributed by atoms with Crippen LogP contribution in [0, 0.1) is 0 Å². The van der Waals surface area contributed by atoms with Crippen LogP contribution in [0.2, 0.25) is 0 Å². The van der Waals surface area contributed by atoms with Gasteiger partial charge in [-0.2, -0.15) is 0 Å². The summed E-state index contributed by atoms with van der Waals surface area (Å²) < 4.78 is 16.9. The van der Waals surface area contributed by atoms with Gasteiger partial charge in [-0.1, -0.05) is 304 Å². The zero-order chi connectivity index (χ0) is 56.4. The van der Waals surface area contributed by atoms with Crippen LogP contribution in [0.5, 0.6) is 0 Å². The fraction of sp³-hybridized carbons (Fsp3) is 0.736. The molecule has 6 heteroatoms. The molecule has 0 saturated carbocycles. The molecule has 0 amide bonds. The SMILES string of the molecule is CC/C=C\C/C=C\C/C=C\C/C=C\C/C=C\C/C=C\CCCCCCCCCCCCCCC(=O)OCC(COC(=O)CCCCCCC/C=C\C/C=C\CCCC)OC(=O)CCCCCCCCCCCCCCCCC. The lowest BCUT2D eigenvalue weighted by Crippen LogP contribution is -2.30. The largest absolute Gasteiger partial charge is 0.462 e. The molecule has 0 fully saturated rings. The van der Waals surface area contributed by atoms with Crippen molar-refractivity contribution in [1.29, 1.82) is 0 Å². The molecule has 0 rings (SSSR count). The Kier molecular flexibility index (Phi) is 62.7. The molecule has 0 aromatic carbocycles. The normalized spacial score (nSPS) is 12.7. The first-order valence-corrected chi connectivity index (χ1v) is 33.2. The number of rotatable bonds is 60. The fourth-order valence-corrected chi connectivity index (χ4v) is 9.35. The Morgan fingerprint density at radius 2 is 0.513 bits per heavy atom. The molecule has 0 N–H and O–H groups in total. The lowest BCUT2D eigenvalue weighted by atomic mass is 10.0. The van der Waals surface area contributed by atoms with Gasteiger partial charge in [0.1, 0.15) is 13.2 Å². The van der Waals surface area contributed by atoms with Crippen LogP contribution in [0.15, 0.2) is 97.2 Å². The van der Waals surface area contributed by atoms with E-state index >= 15 is 0 Å². The predicted octanol–water partition coefficient (Wildman–Crippen LogP) is 22.8. The Labute approximate surface area is 483 Å². The molecule has 0 bridgehead atoms. The second-order valence-corrected chi connectivity index (χ2v) is 22.0. The van der Waals surface area contributed by atoms with E-state index in [1.807, 2.05) is 0 Å². The third-order valence-corrected chi connectivity index (χ3v) is 14.3. The van der Waals surface area contributed by atoms with E-state index < -0.39 is 6.10 Å². The minimum absolute atomic E-state index is 0.0796. The van der Waals surface area contributed by atoms with Crippen LogP contribution in [0.1, 0.15) is 323 Å². The molecule has 0 heterocycles. The molecular weight excluding hydrogens is 961 g/mol. The van der Waals surface area contributed by atoms with E-state index in [0.717, 1.165) is 116 Å². The summed E-state index contributed by atoms with van der Waals surface area (Å²) in [7, 11) is 0. The van der Waals surface area contributed by atoms with Gasteiger partial charge in [-0.15, -0.1) is 0 Å². The van der Waals surface area contributed by atoms with Crippen molar-refractivity contribution in [2.45, 2.75) is 329 Å². The van der Waals surface area contributed by atoms with Gasteiger partial charge >= 0.3 is 17.9 Å². The molecule has 0 aliphatic heterocycles. The predicted molar refractivity (Wildman–Crippen MR) is 339 cm³/mol. The molecule has 6 nitrogen and oxygen atoms in total. The summed E-state index contributed by atoms with van der Waals surface area (Å²) >= 11 is 0. The van der Waals surface area contributed by atoms with Crippen LogP contribution < -0.4 is 0 Å². The average Bonchev–Trinajstić information content (AvgIpc) is 3.44. The van der Waals surface area contributed by atoms with Crippen LogP contribution in [-0.4, -0.2) is 37.2 Å². The third kappa shape index (κ3) is 63.2. The molecule has 0 aliphatic rings. The minimum Gasteiger partial charge on any atom is -0.462 e. The Balaban J connectivity index is 4.23. The lowest BCUT2D eigenvalue weighted by molar-refractivity contribution is -0.167. The number of carbonyl (C=O) groups is 3. The minimum atomic E-state index is -0.782. The Morgan fingerprint density at radius 1 is 0.269 bits per heavy atom. The van der Waals surface area contributed by atoms with Crippen molar-refractivity contribution in [3.63, 3.8) is 0 Å². The number of carbonyl (C=O) groups excluding carboxylic acids is 3. The summed E-state index contributed by atoms with van der Waals surface area (Å²) in [4.78, 5) is 38.3. The Morgan fingerprint density at radius 3 is 0.821 bits per heavy atom. The molecule has 0 saturated heterocycles. The number of unbranched alkanes of at least 4 members (excludes halogenated alkanes) is 33. The maximum atomic E-state index is 12.9. The van der Waals surface area contributed by atoms with Crippen molar-refractivity contribution in [3.05, 3.63) is 97.2 Å². The Bertz CT molecular complexity index is 1530. The molecular formula is C72H124O6. The lowest BCUT2D eigenvalue weighted by Gasteiger charge is -2.18. The second-order valence-electron chi connectivity index (χ2n) is 22.0. The number of hydrogen-bond donors (Lipinski definition) is 0. The maximum Gasteiger partial charge on any atom is 0.306 e. The van der Waals surface area contributed by atoms with Gasteiger partial charge in [0.25, 0.3) is 0 Å². The van der Waals surface area contributed by atoms with Crippen LogP contribution in [0.25, 0.3) is 0 Å². The molecule has 0 aromatic rings. The van der Waals surface area contributed by atoms with Gasteiger partial charge < -0.3 is 14.2 Å². The summed E-state index contributed by atoms with van der Waals surface area (Å²) in [6, 6.07) is 0. The van der Waals surface area contributed by atoms with Gasteiger partial charge in [-0.05, 0) is 96.3 Å². The van der Waals surface area contributed by atoms with Crippen LogP contribution in [-0.2, 0) is 28.6 Å². The zero-order valence-electron chi connectivity index (χ0n) is 51.4. The maximum absolute atomic E-state index is 12.9. The van der Waals surface area contributed by atoms with Gasteiger partial charge in [-0.25, -0.2) is 0 Å². The van der Waals surface area contributed by atoms with Crippen LogP contribution in [0.4, 0.5) is 0 Å². The van der Waals surface area contributed by atoms with E-state index in [1.54, 1.807) is 0 Å². The van der Waals surface area contributed by atoms with Gasteiger partial charge in [0.2, 0.25) is 0 Å². The summed E-state index contributed by atoms with van der Waals surface area (Å²) in [5, 5.41) is 0. The summed E-state index contributed by atoms with van der Waals surface area (Å²) in [6.07, 6.45) is 88.5. The van der Waals surface area contributed by atoms with Crippen molar-refractivity contribution >= 4 is 17.9 Å². The smallest absolute Gasteiger partial charge is 0.306 e. The molecule has 0 spiro atoms. The van der Waals surface area contributed by atoms with E-state index in [0.29, 0.717) is 19.3 Å². The number of ether oxygens (including phenoxy) is 3. The van der Waals surface area contributed by atoms with Crippen LogP contribution in [0.3, 0.4) is 0 Å². The molecule has 0 aromatic heterocycles. The first-order chi connectivity index (χ1) is 38.5. The van der Waals surface area contributed by atoms with E-state index in [-0.39, 0.29) is 31.1 Å². The summed E-state index contributed by atoms with van der Waals surface area (Å²) in [5.74, 6) is -0.882. The fourth-order valence-electron chi connectivity index (χ4n) is 9.35. The van der Waals surface area contributed by atoms with E-state index in [2.05, 4.69) is 118 Å². The van der Waals surface area contributed by atoms with Gasteiger partial charge in [-0.3, -0.25) is 14.4 Å². The van der Waals surface area contributed by atoms with E-state index in [1.165, 1.54) is 167 Å². The van der Waals surface area contributed by atoms with Crippen molar-refractivity contribution < 1.29 is 28.6 Å². The molecule has 0 radical (unpaired) electrons. The third-order valence-electron chi connectivity index (χ3n) is 14.3. The zero-order valence-corrected chi connectivity index (χ0v) is 51.4. The molecule has 1 atom stereocenters. The van der Waals surface area contributed by atoms with Crippen LogP contribution >= 0.6 is 0 Å². The molecule has 0 aliphatic carbocycles. The van der Waals surface area contributed by atoms with Crippen molar-refractivity contribution in [3.8, 4) is 0 Å². The van der Waals surface area contributed by atoms with Crippen molar-refractivity contribution in [1.82, 2.24) is 0 Å². The highest BCUT2D eigenvalue weighted by Crippen LogP contribution is 2.17. The molecule has 1 unspecified atom stereocenters. The monoisotopic (exact) mass is 1080 g/mol. The van der Waals surface area contributed by atoms with Gasteiger partial charge in [0.15, 0.2) is 6.10 Å². The van der Waals surface area contributed by atoms with Crippen molar-refractivity contribution in [2.75, 3.05) is 13.2 Å². The average molecular weight is 1090 g/mol. The quantitative estimate of drug-likeness (QED) is 0.0261. The number of esters is 3. The molecule has 78 heavy (non-hydrogen) atoms. The number of hydrogen-bond acceptors (Lipinski definition) is 6. The standard InChI is InChI=1S/C72H124O6/c1-4-7-10-13-16-19-22-25-28-29-30-31-32-33-34-35-36-37-38-39-40-41-42-43-45-47-50-53-56-59-62-65-71(74)77-68-69(67-76-70(73)64-61-58-55-52-49-46-27-24-21-18-15-12-9-6-3)78-72(75)66-63-60-57-54-51-48-44-26-23-20-17-14-11-8-5-2/h7,10,15-16,18-19,24-25,27-28,30-31,33-34,36-37,69H,4-6,8-9,11-14,17,20-23,26,29,32,35,38-68H2,1-3H3/b10-7-,18-15-,19-16-,27-24-,28-25-,31-30-,34-33-,37-36-. The van der Waals surface area contributed by atoms with Gasteiger partial charge in [0.05, 0.1) is 0 Å². The first-order valence-electron chi connectivity index (χ1n) is 33.2. The Hall–Kier alpha value is -3.67. The van der Waals surface area contributed by atoms with E-state index in [9.17, 15) is 14.4 Å². The van der Waals surface area contributed by atoms with E-state index in [4.69, 9.17) is 14.2 Å². The summed E-state index contributed by atoms with van der Waals surface area (Å²) in [6.45, 7) is 6.50. The van der Waals surface area contributed by atoms with Crippen molar-refractivity contribution in [2.24, 2.45) is 0 Å². The topological polar surface area (TPSA) is 78.9 Å². The van der Waals surface area contributed by atoms with Gasteiger partial charge in [0, 0.05) is 19.3 Å². The number of allylic oxidation sites excluding steroid dienone is 16. The second kappa shape index (κ2) is 65.8.